The number of nitrogens with zero attached hydrogens (tertiary/aromatic N) is 1. The molecule has 0 radical (unpaired) electrons. The predicted molar refractivity (Wildman–Crippen MR) is 108 cm³/mol. The van der Waals surface area contributed by atoms with E-state index in [0.29, 0.717) is 18.7 Å². The Bertz CT molecular complexity index is 1140. The van der Waals surface area contributed by atoms with E-state index in [1.807, 2.05) is 23.6 Å². The fourth-order valence-electron chi connectivity index (χ4n) is 3.37. The largest absolute Gasteiger partial charge is 0.454 e. The lowest BCUT2D eigenvalue weighted by Gasteiger charge is -2.12. The smallest absolute Gasteiger partial charge is 0.231 e. The van der Waals surface area contributed by atoms with Gasteiger partial charge in [0.25, 0.3) is 0 Å². The standard InChI is InChI=1S/C22H17FN2O2S/c23-18-4-2-1-3-14(18)10-24-11-17-7-16-8-20-21(27-13-26-20)9-19(16)25-22(17)15-5-6-28-12-15/h1-9,12,24H,10-11,13H2. The van der Waals surface area contributed by atoms with E-state index in [2.05, 4.69) is 22.8 Å². The lowest BCUT2D eigenvalue weighted by Crippen LogP contribution is -2.14. The summed E-state index contributed by atoms with van der Waals surface area (Å²) in [6.45, 7) is 1.27. The van der Waals surface area contributed by atoms with Crippen LogP contribution in [-0.2, 0) is 13.1 Å². The second-order valence-corrected chi connectivity index (χ2v) is 7.38. The molecule has 1 aliphatic heterocycles. The van der Waals surface area contributed by atoms with Gasteiger partial charge in [-0.2, -0.15) is 11.3 Å². The summed E-state index contributed by atoms with van der Waals surface area (Å²) in [7, 11) is 0. The van der Waals surface area contributed by atoms with Crippen LogP contribution in [0.3, 0.4) is 0 Å². The highest BCUT2D eigenvalue weighted by Crippen LogP contribution is 2.37. The van der Waals surface area contributed by atoms with Crippen molar-refractivity contribution in [1.29, 1.82) is 0 Å². The van der Waals surface area contributed by atoms with E-state index in [1.54, 1.807) is 23.5 Å². The topological polar surface area (TPSA) is 43.4 Å². The van der Waals surface area contributed by atoms with Gasteiger partial charge in [-0.1, -0.05) is 18.2 Å². The Morgan fingerprint density at radius 2 is 1.82 bits per heavy atom. The second-order valence-electron chi connectivity index (χ2n) is 6.60. The molecule has 3 heterocycles. The van der Waals surface area contributed by atoms with Crippen molar-refractivity contribution in [1.82, 2.24) is 10.3 Å². The van der Waals surface area contributed by atoms with Crippen molar-refractivity contribution in [3.05, 3.63) is 76.2 Å². The molecule has 0 fully saturated rings. The molecule has 1 N–H and O–H groups in total. The van der Waals surface area contributed by atoms with Gasteiger partial charge in [-0.3, -0.25) is 0 Å². The lowest BCUT2D eigenvalue weighted by atomic mass is 10.0. The number of pyridine rings is 1. The van der Waals surface area contributed by atoms with Crippen LogP contribution in [-0.4, -0.2) is 11.8 Å². The summed E-state index contributed by atoms with van der Waals surface area (Å²) in [4.78, 5) is 4.90. The highest BCUT2D eigenvalue weighted by atomic mass is 32.1. The van der Waals surface area contributed by atoms with Crippen LogP contribution in [0, 0.1) is 5.82 Å². The molecular formula is C22H17FN2O2S. The molecule has 6 heteroatoms. The molecule has 1 aliphatic rings. The minimum Gasteiger partial charge on any atom is -0.454 e. The number of fused-ring (bicyclic) bond motifs is 2. The number of aromatic nitrogens is 1. The molecule has 28 heavy (non-hydrogen) atoms. The van der Waals surface area contributed by atoms with Gasteiger partial charge >= 0.3 is 0 Å². The number of nitrogens with one attached hydrogen (secondary N) is 1. The van der Waals surface area contributed by atoms with Crippen molar-refractivity contribution >= 4 is 22.2 Å². The fourth-order valence-corrected chi connectivity index (χ4v) is 4.01. The second kappa shape index (κ2) is 7.22. The molecule has 0 amide bonds. The van der Waals surface area contributed by atoms with E-state index in [0.717, 1.165) is 39.2 Å². The molecule has 0 bridgehead atoms. The van der Waals surface area contributed by atoms with E-state index in [1.165, 1.54) is 6.07 Å². The number of ether oxygens (including phenoxy) is 2. The van der Waals surface area contributed by atoms with Gasteiger partial charge in [0.15, 0.2) is 11.5 Å². The third-order valence-electron chi connectivity index (χ3n) is 4.77. The summed E-state index contributed by atoms with van der Waals surface area (Å²) >= 11 is 1.64. The summed E-state index contributed by atoms with van der Waals surface area (Å²) in [5.74, 6) is 1.27. The maximum Gasteiger partial charge on any atom is 0.231 e. The normalized spacial score (nSPS) is 12.6. The zero-order valence-corrected chi connectivity index (χ0v) is 15.8. The van der Waals surface area contributed by atoms with E-state index in [4.69, 9.17) is 14.5 Å². The number of halogens is 1. The van der Waals surface area contributed by atoms with E-state index in [-0.39, 0.29) is 12.6 Å². The van der Waals surface area contributed by atoms with E-state index < -0.39 is 0 Å². The molecule has 4 aromatic rings. The summed E-state index contributed by atoms with van der Waals surface area (Å²) in [5.41, 5.74) is 4.57. The van der Waals surface area contributed by atoms with Gasteiger partial charge < -0.3 is 14.8 Å². The highest BCUT2D eigenvalue weighted by Gasteiger charge is 2.17. The fraction of sp³-hybridized carbons (Fsp3) is 0.136. The Balaban J connectivity index is 1.49. The first kappa shape index (κ1) is 17.2. The van der Waals surface area contributed by atoms with E-state index >= 15 is 0 Å². The summed E-state index contributed by atoms with van der Waals surface area (Å²) in [6, 6.07) is 14.9. The monoisotopic (exact) mass is 392 g/mol. The van der Waals surface area contributed by atoms with Crippen molar-refractivity contribution in [2.45, 2.75) is 13.1 Å². The van der Waals surface area contributed by atoms with Gasteiger partial charge in [-0.15, -0.1) is 0 Å². The molecule has 0 spiro atoms. The molecule has 0 aliphatic carbocycles. The first-order valence-electron chi connectivity index (χ1n) is 8.98. The van der Waals surface area contributed by atoms with Crippen LogP contribution < -0.4 is 14.8 Å². The first-order valence-corrected chi connectivity index (χ1v) is 9.92. The van der Waals surface area contributed by atoms with Gasteiger partial charge in [0.2, 0.25) is 6.79 Å². The zero-order valence-electron chi connectivity index (χ0n) is 14.9. The van der Waals surface area contributed by atoms with Crippen LogP contribution in [0.1, 0.15) is 11.1 Å². The predicted octanol–water partition coefficient (Wildman–Crippen LogP) is 5.12. The zero-order chi connectivity index (χ0) is 18.9. The van der Waals surface area contributed by atoms with Crippen LogP contribution >= 0.6 is 11.3 Å². The maximum atomic E-state index is 13.9. The number of hydrogen-bond donors (Lipinski definition) is 1. The Labute approximate surface area is 165 Å². The van der Waals surface area contributed by atoms with Gasteiger partial charge in [0, 0.05) is 41.0 Å². The molecule has 2 aromatic carbocycles. The molecule has 0 saturated carbocycles. The SMILES string of the molecule is Fc1ccccc1CNCc1cc2cc3c(cc2nc1-c1ccsc1)OCO3. The minimum atomic E-state index is -0.197. The van der Waals surface area contributed by atoms with Gasteiger partial charge in [0.05, 0.1) is 11.2 Å². The lowest BCUT2D eigenvalue weighted by molar-refractivity contribution is 0.174. The summed E-state index contributed by atoms with van der Waals surface area (Å²) in [6.07, 6.45) is 0. The quantitative estimate of drug-likeness (QED) is 0.512. The first-order chi connectivity index (χ1) is 13.8. The van der Waals surface area contributed by atoms with Crippen molar-refractivity contribution in [2.75, 3.05) is 6.79 Å². The third kappa shape index (κ3) is 3.21. The van der Waals surface area contributed by atoms with Crippen LogP contribution in [0.2, 0.25) is 0 Å². The molecule has 5 rings (SSSR count). The van der Waals surface area contributed by atoms with Crippen molar-refractivity contribution < 1.29 is 13.9 Å². The molecular weight excluding hydrogens is 375 g/mol. The van der Waals surface area contributed by atoms with Crippen molar-refractivity contribution in [3.63, 3.8) is 0 Å². The van der Waals surface area contributed by atoms with Gasteiger partial charge in [-0.05, 0) is 35.2 Å². The third-order valence-corrected chi connectivity index (χ3v) is 5.45. The minimum absolute atomic E-state index is 0.197. The number of rotatable bonds is 5. The van der Waals surface area contributed by atoms with Gasteiger partial charge in [-0.25, -0.2) is 9.37 Å². The van der Waals surface area contributed by atoms with Crippen molar-refractivity contribution in [3.8, 4) is 22.8 Å². The van der Waals surface area contributed by atoms with Crippen molar-refractivity contribution in [2.24, 2.45) is 0 Å². The molecule has 0 saturated heterocycles. The van der Waals surface area contributed by atoms with E-state index in [9.17, 15) is 4.39 Å². The summed E-state index contributed by atoms with van der Waals surface area (Å²) < 4.78 is 24.9. The van der Waals surface area contributed by atoms with Crippen LogP contribution in [0.15, 0.2) is 59.3 Å². The molecule has 0 unspecified atom stereocenters. The Morgan fingerprint density at radius 1 is 1.00 bits per heavy atom. The molecule has 0 atom stereocenters. The van der Waals surface area contributed by atoms with Crippen LogP contribution in [0.25, 0.3) is 22.2 Å². The number of hydrogen-bond acceptors (Lipinski definition) is 5. The molecule has 2 aromatic heterocycles. The maximum absolute atomic E-state index is 13.9. The molecule has 140 valence electrons. The number of thiophene rings is 1. The van der Waals surface area contributed by atoms with Crippen LogP contribution in [0.5, 0.6) is 11.5 Å². The Kier molecular flexibility index (Phi) is 4.43. The average Bonchev–Trinajstić information content (AvgIpc) is 3.39. The van der Waals surface area contributed by atoms with Crippen LogP contribution in [0.4, 0.5) is 4.39 Å². The summed E-state index contributed by atoms with van der Waals surface area (Å²) in [5, 5.41) is 8.46. The Hall–Kier alpha value is -2.96. The highest BCUT2D eigenvalue weighted by molar-refractivity contribution is 7.08. The number of benzene rings is 2. The van der Waals surface area contributed by atoms with Gasteiger partial charge in [0.1, 0.15) is 5.82 Å². The molecule has 4 nitrogen and oxygen atoms in total. The average molecular weight is 392 g/mol. The Morgan fingerprint density at radius 3 is 2.64 bits per heavy atom.